The van der Waals surface area contributed by atoms with Crippen LogP contribution in [0.15, 0.2) is 60.7 Å². The fraction of sp³-hybridized carbons (Fsp3) is 0.263. The molecule has 0 spiro atoms. The summed E-state index contributed by atoms with van der Waals surface area (Å²) in [6.07, 6.45) is 4.48. The van der Waals surface area contributed by atoms with E-state index in [4.69, 9.17) is 0 Å². The first kappa shape index (κ1) is 13.9. The quantitative estimate of drug-likeness (QED) is 0.925. The molecule has 0 saturated carbocycles. The van der Waals surface area contributed by atoms with Crippen molar-refractivity contribution in [1.82, 2.24) is 4.90 Å². The van der Waals surface area contributed by atoms with E-state index in [1.165, 1.54) is 16.7 Å². The summed E-state index contributed by atoms with van der Waals surface area (Å²) in [6, 6.07) is 18.6. The van der Waals surface area contributed by atoms with Crippen molar-refractivity contribution in [1.29, 1.82) is 0 Å². The lowest BCUT2D eigenvalue weighted by Crippen LogP contribution is -2.36. The summed E-state index contributed by atoms with van der Waals surface area (Å²) in [5.41, 5.74) is 4.04. The molecule has 0 fully saturated rings. The van der Waals surface area contributed by atoms with Gasteiger partial charge in [0.05, 0.1) is 0 Å². The monoisotopic (exact) mass is 279 g/mol. The molecule has 1 aliphatic rings. The van der Waals surface area contributed by atoms with Crippen LogP contribution in [-0.2, 0) is 6.42 Å². The van der Waals surface area contributed by atoms with Gasteiger partial charge in [-0.2, -0.15) is 0 Å². The van der Waals surface area contributed by atoms with Gasteiger partial charge >= 0.3 is 0 Å². The van der Waals surface area contributed by atoms with Gasteiger partial charge in [-0.25, -0.2) is 0 Å². The van der Waals surface area contributed by atoms with E-state index in [0.717, 1.165) is 19.4 Å². The molecule has 0 unspecified atom stereocenters. The normalized spacial score (nSPS) is 19.3. The summed E-state index contributed by atoms with van der Waals surface area (Å²) >= 11 is 0. The van der Waals surface area contributed by atoms with Gasteiger partial charge < -0.3 is 5.11 Å². The van der Waals surface area contributed by atoms with Crippen molar-refractivity contribution in [2.24, 2.45) is 0 Å². The Morgan fingerprint density at radius 1 is 1.05 bits per heavy atom. The van der Waals surface area contributed by atoms with Gasteiger partial charge in [0.2, 0.25) is 0 Å². The number of phenols is 1. The average Bonchev–Trinajstić information content (AvgIpc) is 2.52. The van der Waals surface area contributed by atoms with Gasteiger partial charge in [-0.15, -0.1) is 0 Å². The van der Waals surface area contributed by atoms with Crippen LogP contribution in [0.2, 0.25) is 0 Å². The van der Waals surface area contributed by atoms with E-state index in [0.29, 0.717) is 11.8 Å². The second-order valence-corrected chi connectivity index (χ2v) is 5.73. The topological polar surface area (TPSA) is 23.5 Å². The minimum absolute atomic E-state index is 0.330. The Hall–Kier alpha value is -2.06. The van der Waals surface area contributed by atoms with E-state index in [9.17, 15) is 5.11 Å². The SMILES string of the molecule is CN1CCC(c2ccccc2)=C[C@@H]1Cc1ccc(O)cc1. The van der Waals surface area contributed by atoms with E-state index in [2.05, 4.69) is 48.4 Å². The second kappa shape index (κ2) is 6.15. The van der Waals surface area contributed by atoms with Gasteiger partial charge in [0.25, 0.3) is 0 Å². The highest BCUT2D eigenvalue weighted by molar-refractivity contribution is 5.67. The lowest BCUT2D eigenvalue weighted by Gasteiger charge is -2.31. The Labute approximate surface area is 126 Å². The smallest absolute Gasteiger partial charge is 0.115 e. The van der Waals surface area contributed by atoms with Gasteiger partial charge in [-0.3, -0.25) is 4.90 Å². The molecular weight excluding hydrogens is 258 g/mol. The predicted octanol–water partition coefficient (Wildman–Crippen LogP) is 3.72. The molecule has 1 aliphatic heterocycles. The highest BCUT2D eigenvalue weighted by Gasteiger charge is 2.19. The summed E-state index contributed by atoms with van der Waals surface area (Å²) < 4.78 is 0. The van der Waals surface area contributed by atoms with E-state index in [1.807, 2.05) is 12.1 Å². The van der Waals surface area contributed by atoms with Crippen LogP contribution in [0.25, 0.3) is 5.57 Å². The van der Waals surface area contributed by atoms with Gasteiger partial charge in [0, 0.05) is 12.6 Å². The fourth-order valence-corrected chi connectivity index (χ4v) is 2.89. The average molecular weight is 279 g/mol. The minimum atomic E-state index is 0.330. The molecule has 0 aromatic heterocycles. The van der Waals surface area contributed by atoms with Crippen molar-refractivity contribution >= 4 is 5.57 Å². The molecule has 2 heteroatoms. The Bertz CT molecular complexity index is 616. The lowest BCUT2D eigenvalue weighted by molar-refractivity contribution is 0.277. The largest absolute Gasteiger partial charge is 0.508 e. The number of nitrogens with zero attached hydrogens (tertiary/aromatic N) is 1. The number of benzene rings is 2. The highest BCUT2D eigenvalue weighted by Crippen LogP contribution is 2.26. The number of rotatable bonds is 3. The highest BCUT2D eigenvalue weighted by atomic mass is 16.3. The summed E-state index contributed by atoms with van der Waals surface area (Å²) in [7, 11) is 2.18. The molecule has 0 bridgehead atoms. The molecule has 2 aromatic carbocycles. The van der Waals surface area contributed by atoms with Gasteiger partial charge in [0.1, 0.15) is 5.75 Å². The summed E-state index contributed by atoms with van der Waals surface area (Å²) in [6.45, 7) is 1.09. The molecular formula is C19H21NO. The first-order valence-electron chi connectivity index (χ1n) is 7.46. The first-order chi connectivity index (χ1) is 10.2. The van der Waals surface area contributed by atoms with Gasteiger partial charge in [-0.05, 0) is 48.7 Å². The molecule has 2 aromatic rings. The number of phenolic OH excluding ortho intramolecular Hbond substituents is 1. The van der Waals surface area contributed by atoms with Crippen LogP contribution >= 0.6 is 0 Å². The molecule has 2 nitrogen and oxygen atoms in total. The Kier molecular flexibility index (Phi) is 4.07. The van der Waals surface area contributed by atoms with Crippen molar-refractivity contribution < 1.29 is 5.11 Å². The van der Waals surface area contributed by atoms with Crippen molar-refractivity contribution in [3.63, 3.8) is 0 Å². The molecule has 1 heterocycles. The maximum absolute atomic E-state index is 9.38. The van der Waals surface area contributed by atoms with Crippen LogP contribution in [0.5, 0.6) is 5.75 Å². The lowest BCUT2D eigenvalue weighted by atomic mass is 9.93. The predicted molar refractivity (Wildman–Crippen MR) is 87.3 cm³/mol. The van der Waals surface area contributed by atoms with E-state index < -0.39 is 0 Å². The van der Waals surface area contributed by atoms with Crippen molar-refractivity contribution in [3.8, 4) is 5.75 Å². The first-order valence-corrected chi connectivity index (χ1v) is 7.46. The molecule has 0 aliphatic carbocycles. The van der Waals surface area contributed by atoms with Gasteiger partial charge in [0.15, 0.2) is 0 Å². The maximum atomic E-state index is 9.38. The Morgan fingerprint density at radius 2 is 1.76 bits per heavy atom. The van der Waals surface area contributed by atoms with Crippen LogP contribution in [0.3, 0.4) is 0 Å². The summed E-state index contributed by atoms with van der Waals surface area (Å²) in [5.74, 6) is 0.330. The van der Waals surface area contributed by atoms with Crippen molar-refractivity contribution in [2.45, 2.75) is 18.9 Å². The van der Waals surface area contributed by atoms with Crippen LogP contribution in [0, 0.1) is 0 Å². The third-order valence-electron chi connectivity index (χ3n) is 4.22. The standard InChI is InChI=1S/C19H21NO/c1-20-12-11-17(16-5-3-2-4-6-16)14-18(20)13-15-7-9-19(21)10-8-15/h2-10,14,18,21H,11-13H2,1H3/t18-/m0/s1. The van der Waals surface area contributed by atoms with Crippen LogP contribution in [0.1, 0.15) is 17.5 Å². The maximum Gasteiger partial charge on any atom is 0.115 e. The zero-order chi connectivity index (χ0) is 14.7. The molecule has 0 amide bonds. The van der Waals surface area contributed by atoms with Crippen molar-refractivity contribution in [2.75, 3.05) is 13.6 Å². The Morgan fingerprint density at radius 3 is 2.48 bits per heavy atom. The zero-order valence-corrected chi connectivity index (χ0v) is 12.4. The minimum Gasteiger partial charge on any atom is -0.508 e. The Balaban J connectivity index is 1.81. The number of hydrogen-bond acceptors (Lipinski definition) is 2. The summed E-state index contributed by atoms with van der Waals surface area (Å²) in [5, 5.41) is 9.38. The van der Waals surface area contributed by atoms with Crippen LogP contribution < -0.4 is 0 Å². The molecule has 108 valence electrons. The van der Waals surface area contributed by atoms with E-state index >= 15 is 0 Å². The molecule has 0 radical (unpaired) electrons. The third kappa shape index (κ3) is 3.34. The molecule has 0 saturated heterocycles. The fourth-order valence-electron chi connectivity index (χ4n) is 2.89. The van der Waals surface area contributed by atoms with Gasteiger partial charge in [-0.1, -0.05) is 48.5 Å². The third-order valence-corrected chi connectivity index (χ3v) is 4.22. The van der Waals surface area contributed by atoms with E-state index in [-0.39, 0.29) is 0 Å². The molecule has 3 rings (SSSR count). The molecule has 21 heavy (non-hydrogen) atoms. The molecule has 1 atom stereocenters. The summed E-state index contributed by atoms with van der Waals surface area (Å²) in [4.78, 5) is 2.40. The zero-order valence-electron chi connectivity index (χ0n) is 12.4. The van der Waals surface area contributed by atoms with Crippen LogP contribution in [0.4, 0.5) is 0 Å². The molecule has 1 N–H and O–H groups in total. The van der Waals surface area contributed by atoms with Crippen molar-refractivity contribution in [3.05, 3.63) is 71.8 Å². The number of hydrogen-bond donors (Lipinski definition) is 1. The van der Waals surface area contributed by atoms with Crippen LogP contribution in [-0.4, -0.2) is 29.6 Å². The number of likely N-dealkylation sites (N-methyl/N-ethyl adjacent to an activating group) is 1. The second-order valence-electron chi connectivity index (χ2n) is 5.73. The van der Waals surface area contributed by atoms with E-state index in [1.54, 1.807) is 12.1 Å². The number of aromatic hydroxyl groups is 1.